The fraction of sp³-hybridized carbons (Fsp3) is 0.273. The smallest absolute Gasteiger partial charge is 0.243 e. The summed E-state index contributed by atoms with van der Waals surface area (Å²) in [6.45, 7) is 3.11. The number of nitrogens with two attached hydrogens (primary N) is 1. The van der Waals surface area contributed by atoms with Crippen LogP contribution < -0.4 is 10.5 Å². The Morgan fingerprint density at radius 3 is 2.44 bits per heavy atom. The SMILES string of the molecule is C#CC(C)(C)NS(=O)(=O)c1ccc(Cl)c(N)c1Cl. The van der Waals surface area contributed by atoms with Gasteiger partial charge in [-0.1, -0.05) is 29.1 Å². The molecule has 0 heterocycles. The maximum Gasteiger partial charge on any atom is 0.243 e. The van der Waals surface area contributed by atoms with Crippen molar-refractivity contribution in [1.82, 2.24) is 4.72 Å². The third-order valence-electron chi connectivity index (χ3n) is 2.13. The summed E-state index contributed by atoms with van der Waals surface area (Å²) in [5.41, 5.74) is 4.56. The lowest BCUT2D eigenvalue weighted by Gasteiger charge is -2.20. The van der Waals surface area contributed by atoms with E-state index in [0.29, 0.717) is 0 Å². The van der Waals surface area contributed by atoms with Crippen LogP contribution in [0.1, 0.15) is 13.8 Å². The van der Waals surface area contributed by atoms with Crippen molar-refractivity contribution >= 4 is 38.9 Å². The highest BCUT2D eigenvalue weighted by Crippen LogP contribution is 2.33. The number of sulfonamides is 1. The van der Waals surface area contributed by atoms with Gasteiger partial charge in [-0.3, -0.25) is 0 Å². The number of rotatable bonds is 3. The number of hydrogen-bond donors (Lipinski definition) is 2. The van der Waals surface area contributed by atoms with Crippen molar-refractivity contribution in [2.45, 2.75) is 24.3 Å². The summed E-state index contributed by atoms with van der Waals surface area (Å²) in [6.07, 6.45) is 5.23. The summed E-state index contributed by atoms with van der Waals surface area (Å²) in [6, 6.07) is 2.64. The van der Waals surface area contributed by atoms with E-state index in [1.165, 1.54) is 12.1 Å². The van der Waals surface area contributed by atoms with Crippen molar-refractivity contribution in [3.63, 3.8) is 0 Å². The maximum atomic E-state index is 12.1. The molecule has 18 heavy (non-hydrogen) atoms. The Balaban J connectivity index is 3.32. The Hall–Kier alpha value is -0.930. The van der Waals surface area contributed by atoms with Crippen LogP contribution in [0.3, 0.4) is 0 Å². The van der Waals surface area contributed by atoms with Gasteiger partial charge in [-0.05, 0) is 26.0 Å². The van der Waals surface area contributed by atoms with Gasteiger partial charge in [0.1, 0.15) is 4.90 Å². The highest BCUT2D eigenvalue weighted by Gasteiger charge is 2.27. The van der Waals surface area contributed by atoms with Gasteiger partial charge >= 0.3 is 0 Å². The number of hydrogen-bond acceptors (Lipinski definition) is 3. The highest BCUT2D eigenvalue weighted by molar-refractivity contribution is 7.89. The molecule has 0 aromatic heterocycles. The highest BCUT2D eigenvalue weighted by atomic mass is 35.5. The molecule has 0 radical (unpaired) electrons. The third-order valence-corrected chi connectivity index (χ3v) is 4.68. The largest absolute Gasteiger partial charge is 0.396 e. The van der Waals surface area contributed by atoms with E-state index in [4.69, 9.17) is 35.4 Å². The van der Waals surface area contributed by atoms with Crippen molar-refractivity contribution in [3.05, 3.63) is 22.2 Å². The lowest BCUT2D eigenvalue weighted by atomic mass is 10.1. The van der Waals surface area contributed by atoms with Gasteiger partial charge in [0.15, 0.2) is 0 Å². The van der Waals surface area contributed by atoms with E-state index in [1.807, 2.05) is 0 Å². The minimum atomic E-state index is -3.86. The fourth-order valence-electron chi connectivity index (χ4n) is 1.18. The number of halogens is 2. The molecule has 0 spiro atoms. The van der Waals surface area contributed by atoms with Crippen LogP contribution in [0.15, 0.2) is 17.0 Å². The molecule has 0 aliphatic rings. The zero-order valence-electron chi connectivity index (χ0n) is 9.79. The molecule has 0 atom stereocenters. The molecule has 0 unspecified atom stereocenters. The molecule has 0 aliphatic heterocycles. The second-order valence-electron chi connectivity index (χ2n) is 4.15. The topological polar surface area (TPSA) is 72.2 Å². The molecule has 0 fully saturated rings. The normalized spacial score (nSPS) is 12.2. The van der Waals surface area contributed by atoms with E-state index in [-0.39, 0.29) is 20.6 Å². The van der Waals surface area contributed by atoms with Crippen molar-refractivity contribution in [1.29, 1.82) is 0 Å². The minimum Gasteiger partial charge on any atom is -0.396 e. The average molecular weight is 307 g/mol. The third kappa shape index (κ3) is 3.09. The standard InChI is InChI=1S/C11H12Cl2N2O2S/c1-4-11(2,3)15-18(16,17)8-6-5-7(12)10(14)9(8)13/h1,5-6,15H,14H2,2-3H3. The van der Waals surface area contributed by atoms with E-state index in [2.05, 4.69) is 10.6 Å². The van der Waals surface area contributed by atoms with Gasteiger partial charge in [0.25, 0.3) is 0 Å². The van der Waals surface area contributed by atoms with E-state index < -0.39 is 15.6 Å². The predicted molar refractivity (Wildman–Crippen MR) is 74.1 cm³/mol. The van der Waals surface area contributed by atoms with Gasteiger partial charge in [-0.25, -0.2) is 8.42 Å². The second kappa shape index (κ2) is 4.98. The summed E-state index contributed by atoms with van der Waals surface area (Å²) in [4.78, 5) is -0.158. The molecule has 3 N–H and O–H groups in total. The molecule has 4 nitrogen and oxygen atoms in total. The summed E-state index contributed by atoms with van der Waals surface area (Å²) in [7, 11) is -3.86. The number of anilines is 1. The first kappa shape index (κ1) is 15.1. The first-order chi connectivity index (χ1) is 8.10. The summed E-state index contributed by atoms with van der Waals surface area (Å²) in [5.74, 6) is 2.32. The summed E-state index contributed by atoms with van der Waals surface area (Å²) >= 11 is 11.6. The summed E-state index contributed by atoms with van der Waals surface area (Å²) < 4.78 is 26.5. The average Bonchev–Trinajstić information content (AvgIpc) is 2.24. The molecule has 1 aromatic carbocycles. The molecule has 0 bridgehead atoms. The molecule has 0 amide bonds. The fourth-order valence-corrected chi connectivity index (χ4v) is 3.29. The second-order valence-corrected chi connectivity index (χ2v) is 6.58. The van der Waals surface area contributed by atoms with Crippen LogP contribution in [0, 0.1) is 12.3 Å². The van der Waals surface area contributed by atoms with E-state index in [0.717, 1.165) is 0 Å². The Morgan fingerprint density at radius 2 is 1.94 bits per heavy atom. The maximum absolute atomic E-state index is 12.1. The molecule has 1 aromatic rings. The lowest BCUT2D eigenvalue weighted by Crippen LogP contribution is -2.42. The number of nitrogen functional groups attached to an aromatic ring is 1. The van der Waals surface area contributed by atoms with Crippen LogP contribution in [0.25, 0.3) is 0 Å². The quantitative estimate of drug-likeness (QED) is 0.664. The molecule has 98 valence electrons. The molecule has 0 saturated heterocycles. The molecular weight excluding hydrogens is 295 g/mol. The van der Waals surface area contributed by atoms with Crippen molar-refractivity contribution in [2.75, 3.05) is 5.73 Å². The van der Waals surface area contributed by atoms with E-state index >= 15 is 0 Å². The van der Waals surface area contributed by atoms with Gasteiger partial charge in [-0.15, -0.1) is 6.42 Å². The van der Waals surface area contributed by atoms with Gasteiger partial charge in [0.2, 0.25) is 10.0 Å². The van der Waals surface area contributed by atoms with Crippen LogP contribution >= 0.6 is 23.2 Å². The molecule has 1 rings (SSSR count). The Labute approximate surface area is 117 Å². The summed E-state index contributed by atoms with van der Waals surface area (Å²) in [5, 5.41) is 0.0676. The Bertz CT molecular complexity index is 619. The molecular formula is C11H12Cl2N2O2S. The lowest BCUT2D eigenvalue weighted by molar-refractivity contribution is 0.539. The number of nitrogens with one attached hydrogen (secondary N) is 1. The van der Waals surface area contributed by atoms with Crippen LogP contribution in [-0.2, 0) is 10.0 Å². The zero-order chi connectivity index (χ0) is 14.1. The minimum absolute atomic E-state index is 0.0136. The first-order valence-corrected chi connectivity index (χ1v) is 7.10. The van der Waals surface area contributed by atoms with Gasteiger partial charge < -0.3 is 5.73 Å². The van der Waals surface area contributed by atoms with E-state index in [1.54, 1.807) is 13.8 Å². The van der Waals surface area contributed by atoms with Crippen molar-refractivity contribution in [2.24, 2.45) is 0 Å². The van der Waals surface area contributed by atoms with Gasteiger partial charge in [0, 0.05) is 0 Å². The number of terminal acetylenes is 1. The molecule has 0 aliphatic carbocycles. The van der Waals surface area contributed by atoms with E-state index in [9.17, 15) is 8.42 Å². The number of benzene rings is 1. The van der Waals surface area contributed by atoms with Crippen LogP contribution in [-0.4, -0.2) is 14.0 Å². The van der Waals surface area contributed by atoms with Crippen molar-refractivity contribution in [3.8, 4) is 12.3 Å². The van der Waals surface area contributed by atoms with Crippen LogP contribution in [0.4, 0.5) is 5.69 Å². The van der Waals surface area contributed by atoms with Crippen LogP contribution in [0.2, 0.25) is 10.0 Å². The molecule has 0 saturated carbocycles. The Kier molecular flexibility index (Phi) is 4.19. The predicted octanol–water partition coefficient (Wildman–Crippen LogP) is 2.27. The first-order valence-electron chi connectivity index (χ1n) is 4.86. The van der Waals surface area contributed by atoms with Gasteiger partial charge in [-0.2, -0.15) is 4.72 Å². The molecule has 7 heteroatoms. The van der Waals surface area contributed by atoms with Gasteiger partial charge in [0.05, 0.1) is 21.3 Å². The van der Waals surface area contributed by atoms with Crippen LogP contribution in [0.5, 0.6) is 0 Å². The Morgan fingerprint density at radius 1 is 1.39 bits per heavy atom. The zero-order valence-corrected chi connectivity index (χ0v) is 12.1. The van der Waals surface area contributed by atoms with Crippen molar-refractivity contribution < 1.29 is 8.42 Å². The monoisotopic (exact) mass is 306 g/mol.